The third-order valence-corrected chi connectivity index (χ3v) is 22.9. The van der Waals surface area contributed by atoms with E-state index in [9.17, 15) is 106 Å². The number of para-hydroxylation sites is 1. The summed E-state index contributed by atoms with van der Waals surface area (Å²) in [5, 5.41) is 64.9. The number of nitrogens with two attached hydrogens (primary N) is 2. The Kier molecular flexibility index (Phi) is 41.7. The molecule has 1 aromatic carbocycles. The lowest BCUT2D eigenvalue weighted by Gasteiger charge is -2.37. The van der Waals surface area contributed by atoms with Gasteiger partial charge in [0.2, 0.25) is 118 Å². The second-order valence-corrected chi connectivity index (χ2v) is 38.1. The fourth-order valence-corrected chi connectivity index (χ4v) is 13.9. The molecule has 0 bridgehead atoms. The summed E-state index contributed by atoms with van der Waals surface area (Å²) >= 11 is 0. The maximum atomic E-state index is 14.6. The Bertz CT molecular complexity index is 4500. The first-order chi connectivity index (χ1) is 60.4. The van der Waals surface area contributed by atoms with Gasteiger partial charge in [-0.3, -0.25) is 95.9 Å². The van der Waals surface area contributed by atoms with Crippen LogP contribution in [0.25, 0.3) is 10.9 Å². The highest BCUT2D eigenvalue weighted by Crippen LogP contribution is 2.26. The molecular formula is C88H145N21O22. The number of primary amides is 2. The molecule has 2 aromatic rings. The Morgan fingerprint density at radius 1 is 0.450 bits per heavy atom. The van der Waals surface area contributed by atoms with Crippen LogP contribution in [0.15, 0.2) is 30.5 Å². The van der Waals surface area contributed by atoms with Crippen LogP contribution in [0.1, 0.15) is 242 Å². The van der Waals surface area contributed by atoms with E-state index in [1.54, 1.807) is 54.7 Å². The number of amides is 20. The Balaban J connectivity index is 1.70. The van der Waals surface area contributed by atoms with Crippen molar-refractivity contribution in [2.75, 3.05) is 26.3 Å². The van der Waals surface area contributed by atoms with Crippen LogP contribution < -0.4 is 102 Å². The number of hydrogen-bond acceptors (Lipinski definition) is 22. The molecule has 1 aliphatic rings. The van der Waals surface area contributed by atoms with Gasteiger partial charge in [-0.05, 0) is 191 Å². The zero-order valence-electron chi connectivity index (χ0n) is 80.3. The number of carbonyl (C=O) groups excluding carboxylic acids is 20. The predicted molar refractivity (Wildman–Crippen MR) is 483 cm³/mol. The van der Waals surface area contributed by atoms with E-state index >= 15 is 0 Å². The van der Waals surface area contributed by atoms with Crippen molar-refractivity contribution in [1.29, 1.82) is 0 Å². The lowest BCUT2D eigenvalue weighted by atomic mass is 9.91. The summed E-state index contributed by atoms with van der Waals surface area (Å²) in [4.78, 5) is 279. The van der Waals surface area contributed by atoms with Gasteiger partial charge >= 0.3 is 0 Å². The Hall–Kier alpha value is -11.9. The number of nitrogens with one attached hydrogen (secondary N) is 18. The molecule has 1 fully saturated rings. The van der Waals surface area contributed by atoms with E-state index in [-0.39, 0.29) is 76.2 Å². The zero-order chi connectivity index (χ0) is 100. The zero-order valence-corrected chi connectivity index (χ0v) is 80.3. The quantitative estimate of drug-likeness (QED) is 0.0321. The van der Waals surface area contributed by atoms with Gasteiger partial charge < -0.3 is 122 Å². The number of carbonyl (C=O) groups is 20. The molecule has 0 aliphatic carbocycles. The molecule has 43 nitrogen and oxygen atoms in total. The van der Waals surface area contributed by atoms with E-state index in [1.165, 1.54) is 123 Å². The van der Waals surface area contributed by atoms with Gasteiger partial charge in [-0.25, -0.2) is 0 Å². The minimum absolute atomic E-state index is 0.0254. The molecule has 0 saturated carbocycles. The first-order valence-corrected chi connectivity index (χ1v) is 44.3. The summed E-state index contributed by atoms with van der Waals surface area (Å²) in [6.07, 6.45) is 0.726. The number of benzene rings is 1. The molecule has 131 heavy (non-hydrogen) atoms. The number of H-pyrrole nitrogens is 1. The molecule has 0 radical (unpaired) electrons. The highest BCUT2D eigenvalue weighted by atomic mass is 16.3. The van der Waals surface area contributed by atoms with E-state index in [0.717, 1.165) is 16.5 Å². The predicted octanol–water partition coefficient (Wildman–Crippen LogP) is -2.67. The standard InChI is InChI=1S/C88H145N21O22/c1-25-86(22,106-68(119)56(35-37-62(90)114)98-77(128)87(23,26-2)108-79(130)88(24,27-3)105-65(116)49(10)93-67(118)59(45-111)99-74(125)82(14,15)101-50(11)112)78(129)100-64(48(8)9)72(123)104-81(12,13)73(124)92-43-63(115)95-57(39-46(4)5)69(120)103-85(20,21)80(131)109-38-30-33-60(109)71(122)96-58(40-47(6)7)70(121)102-84(18,19)76(127)107-83(16,17)75(126)97-55(34-36-61(89)113)66(117)94-52(44-110)41-51-42-91-54-32-29-28-31-53(51)54/h28-29,31-32,42,46-49,52,55-60,64,91,110-111H,25-27,30,33-41,43-45H2,1-24H3,(H2,89,113)(H2,90,114)(H,92,124)(H,93,118)(H,94,117)(H,95,115)(H,96,122)(H,97,126)(H,98,128)(H,99,125)(H,100,129)(H,101,112)(H,102,121)(H,103,120)(H,104,123)(H,105,116)(H,106,119)(H,107,127)(H,108,130)/t49-,52+,55+,56-,57+,58-,59-,60-,64-,86+,87-,88-/m0/s1. The van der Waals surface area contributed by atoms with Crippen molar-refractivity contribution in [1.82, 2.24) is 100 Å². The normalized spacial score (nSPS) is 16.3. The smallest absolute Gasteiger partial charge is 0.248 e. The van der Waals surface area contributed by atoms with Crippen molar-refractivity contribution in [3.8, 4) is 0 Å². The largest absolute Gasteiger partial charge is 0.394 e. The van der Waals surface area contributed by atoms with Gasteiger partial charge in [-0.15, -0.1) is 0 Å². The summed E-state index contributed by atoms with van der Waals surface area (Å²) in [6.45, 7) is 32.8. The van der Waals surface area contributed by atoms with Gasteiger partial charge in [0.1, 0.15) is 92.6 Å². The maximum Gasteiger partial charge on any atom is 0.248 e. The highest BCUT2D eigenvalue weighted by molar-refractivity contribution is 6.04. The molecule has 3 rings (SSSR count). The molecule has 12 atom stereocenters. The molecule has 1 aromatic heterocycles. The molecule has 20 amide bonds. The first kappa shape index (κ1) is 113. The summed E-state index contributed by atoms with van der Waals surface area (Å²) in [6, 6.07) is -4.43. The highest BCUT2D eigenvalue weighted by Gasteiger charge is 2.48. The third kappa shape index (κ3) is 33.5. The molecular weight excluding hydrogens is 1700 g/mol. The van der Waals surface area contributed by atoms with Gasteiger partial charge in [0.15, 0.2) is 0 Å². The summed E-state index contributed by atoms with van der Waals surface area (Å²) in [7, 11) is 0. The van der Waals surface area contributed by atoms with Crippen LogP contribution in [-0.2, 0) is 102 Å². The van der Waals surface area contributed by atoms with E-state index in [0.29, 0.717) is 6.42 Å². The number of aromatic amines is 1. The fourth-order valence-electron chi connectivity index (χ4n) is 13.9. The molecule has 24 N–H and O–H groups in total. The van der Waals surface area contributed by atoms with Crippen LogP contribution >= 0.6 is 0 Å². The number of aliphatic hydroxyl groups is 2. The summed E-state index contributed by atoms with van der Waals surface area (Å²) in [5.74, 6) is -18.0. The van der Waals surface area contributed by atoms with E-state index in [4.69, 9.17) is 11.5 Å². The Labute approximate surface area is 765 Å². The van der Waals surface area contributed by atoms with E-state index in [1.807, 2.05) is 24.3 Å². The lowest BCUT2D eigenvalue weighted by Crippen LogP contribution is -2.68. The second kappa shape index (κ2) is 48.3. The van der Waals surface area contributed by atoms with Crippen molar-refractivity contribution in [3.63, 3.8) is 0 Å². The number of fused-ring (bicyclic) bond motifs is 1. The van der Waals surface area contributed by atoms with Crippen LogP contribution in [0.2, 0.25) is 0 Å². The molecule has 1 saturated heterocycles. The first-order valence-electron chi connectivity index (χ1n) is 44.3. The molecule has 1 aliphatic heterocycles. The number of likely N-dealkylation sites (tertiary alicyclic amines) is 1. The fraction of sp³-hybridized carbons (Fsp3) is 0.682. The van der Waals surface area contributed by atoms with Crippen molar-refractivity contribution >= 4 is 129 Å². The number of hydrogen-bond donors (Lipinski definition) is 22. The SMILES string of the molecule is CC[C@@](C)(NC(=O)[C@H](CCC(N)=O)NC(=O)[C@](C)(CC)NC(=O)[C@](C)(CC)NC(=O)[C@H](C)NC(=O)[C@H](CO)NC(=O)C(C)(C)NC(C)=O)C(=O)N[C@H](C(=O)NC(C)(C)C(=O)NCC(=O)N[C@H](CC(C)C)C(=O)NC(C)(C)C(=O)N1CCC[C@H]1C(=O)N[C@@H](CC(C)C)C(=O)NC(C)(C)C(=O)NC(C)(C)C(=O)N[C@H](CCC(N)=O)C(=O)N[C@@H](CO)Cc1c[nH]c2ccccc12)C(C)C. The van der Waals surface area contributed by atoms with Crippen LogP contribution in [-0.4, -0.2) is 263 Å². The van der Waals surface area contributed by atoms with Gasteiger partial charge in [0.25, 0.3) is 0 Å². The van der Waals surface area contributed by atoms with Crippen molar-refractivity contribution in [3.05, 3.63) is 36.0 Å². The average molecular weight is 1850 g/mol. The number of rotatable bonds is 52. The van der Waals surface area contributed by atoms with E-state index in [2.05, 4.69) is 95.4 Å². The molecule has 734 valence electrons. The summed E-state index contributed by atoms with van der Waals surface area (Å²) in [5.41, 5.74) is -1.52. The van der Waals surface area contributed by atoms with Gasteiger partial charge in [0.05, 0.1) is 25.8 Å². The lowest BCUT2D eigenvalue weighted by molar-refractivity contribution is -0.145. The number of aliphatic hydroxyl groups excluding tert-OH is 2. The molecule has 43 heteroatoms. The maximum absolute atomic E-state index is 14.6. The minimum atomic E-state index is -1.87. The van der Waals surface area contributed by atoms with Crippen LogP contribution in [0, 0.1) is 17.8 Å². The molecule has 0 unspecified atom stereocenters. The minimum Gasteiger partial charge on any atom is -0.394 e. The van der Waals surface area contributed by atoms with Crippen LogP contribution in [0.3, 0.4) is 0 Å². The number of aromatic nitrogens is 1. The number of nitrogens with zero attached hydrogens (tertiary/aromatic N) is 1. The van der Waals surface area contributed by atoms with Gasteiger partial charge in [-0.1, -0.05) is 80.5 Å². The monoisotopic (exact) mass is 1850 g/mol. The van der Waals surface area contributed by atoms with Crippen LogP contribution in [0.5, 0.6) is 0 Å². The van der Waals surface area contributed by atoms with Gasteiger partial charge in [0, 0.05) is 43.4 Å². The third-order valence-electron chi connectivity index (χ3n) is 22.9. The second-order valence-electron chi connectivity index (χ2n) is 38.1. The van der Waals surface area contributed by atoms with Crippen molar-refractivity contribution < 1.29 is 106 Å². The van der Waals surface area contributed by atoms with Crippen LogP contribution in [0.4, 0.5) is 0 Å². The molecule has 0 spiro atoms. The Morgan fingerprint density at radius 2 is 0.893 bits per heavy atom. The summed E-state index contributed by atoms with van der Waals surface area (Å²) < 4.78 is 0. The van der Waals surface area contributed by atoms with Gasteiger partial charge in [-0.2, -0.15) is 0 Å². The van der Waals surface area contributed by atoms with Crippen molar-refractivity contribution in [2.24, 2.45) is 29.2 Å². The Morgan fingerprint density at radius 3 is 1.40 bits per heavy atom. The average Bonchev–Trinajstić information content (AvgIpc) is 1.14. The van der Waals surface area contributed by atoms with E-state index < -0.39 is 255 Å². The molecule has 2 heterocycles. The topological polar surface area (TPSA) is 657 Å². The van der Waals surface area contributed by atoms with Crippen molar-refractivity contribution in [2.45, 2.75) is 342 Å².